The number of nitrogens with one attached hydrogen (secondary N) is 1. The van der Waals surface area contributed by atoms with Gasteiger partial charge in [-0.25, -0.2) is 0 Å². The molecule has 7 heteroatoms. The number of para-hydroxylation sites is 2. The van der Waals surface area contributed by atoms with Crippen molar-refractivity contribution in [1.29, 1.82) is 0 Å². The minimum absolute atomic E-state index is 0.292. The maximum absolute atomic E-state index is 12.8. The van der Waals surface area contributed by atoms with Crippen LogP contribution in [0.1, 0.15) is 16.8 Å². The third kappa shape index (κ3) is 4.32. The van der Waals surface area contributed by atoms with Gasteiger partial charge in [-0.15, -0.1) is 0 Å². The number of carbonyl (C=O) groups excluding carboxylic acids is 3. The molecule has 0 bridgehead atoms. The Morgan fingerprint density at radius 3 is 2.39 bits per heavy atom. The Labute approximate surface area is 184 Å². The second-order valence-corrected chi connectivity index (χ2v) is 8.21. The Bertz CT molecular complexity index is 1180. The monoisotopic (exact) mass is 431 g/mol. The number of benzene rings is 2. The minimum atomic E-state index is -0.465. The van der Waals surface area contributed by atoms with E-state index in [1.165, 1.54) is 0 Å². The summed E-state index contributed by atoms with van der Waals surface area (Å²) >= 11 is 0.844. The summed E-state index contributed by atoms with van der Waals surface area (Å²) in [6.07, 6.45) is 3.57. The summed E-state index contributed by atoms with van der Waals surface area (Å²) in [5.41, 5.74) is 4.27. The Balaban J connectivity index is 1.51. The summed E-state index contributed by atoms with van der Waals surface area (Å²) in [6, 6.07) is 19.2. The van der Waals surface area contributed by atoms with Crippen LogP contribution in [0, 0.1) is 13.8 Å². The third-order valence-corrected chi connectivity index (χ3v) is 5.92. The Morgan fingerprint density at radius 1 is 0.968 bits per heavy atom. The van der Waals surface area contributed by atoms with Crippen LogP contribution in [0.25, 0.3) is 11.8 Å². The van der Waals surface area contributed by atoms with Gasteiger partial charge in [0, 0.05) is 23.3 Å². The molecule has 0 spiro atoms. The average Bonchev–Trinajstić information content (AvgIpc) is 3.32. The number of nitrogens with zero attached hydrogens (tertiary/aromatic N) is 2. The number of hydrogen-bond acceptors (Lipinski definition) is 4. The largest absolute Gasteiger partial charge is 0.324 e. The molecule has 156 valence electrons. The third-order valence-electron chi connectivity index (χ3n) is 5.01. The molecule has 1 fully saturated rings. The fourth-order valence-corrected chi connectivity index (χ4v) is 4.26. The van der Waals surface area contributed by atoms with Gasteiger partial charge in [0.1, 0.15) is 6.54 Å². The van der Waals surface area contributed by atoms with Crippen molar-refractivity contribution in [1.82, 2.24) is 9.47 Å². The normalized spacial score (nSPS) is 15.0. The topological polar surface area (TPSA) is 71.4 Å². The van der Waals surface area contributed by atoms with Gasteiger partial charge in [0.25, 0.3) is 11.1 Å². The number of thioether (sulfide) groups is 1. The molecule has 2 aromatic carbocycles. The van der Waals surface area contributed by atoms with Crippen molar-refractivity contribution in [2.24, 2.45) is 0 Å². The summed E-state index contributed by atoms with van der Waals surface area (Å²) in [7, 11) is 0. The van der Waals surface area contributed by atoms with Crippen LogP contribution >= 0.6 is 11.8 Å². The molecule has 1 aliphatic heterocycles. The molecule has 0 saturated carbocycles. The average molecular weight is 432 g/mol. The second-order valence-electron chi connectivity index (χ2n) is 7.22. The fraction of sp³-hybridized carbons (Fsp3) is 0.125. The molecule has 31 heavy (non-hydrogen) atoms. The lowest BCUT2D eigenvalue weighted by Gasteiger charge is -2.15. The van der Waals surface area contributed by atoms with Gasteiger partial charge in [0.15, 0.2) is 0 Å². The zero-order chi connectivity index (χ0) is 22.0. The standard InChI is InChI=1S/C24H21N3O3S/c1-16-8-6-9-17(2)22(16)25-21(28)15-27-23(29)20(31-24(27)30)14-19-12-7-13-26(19)18-10-4-3-5-11-18/h3-14H,15H2,1-2H3,(H,25,28)/b20-14+. The van der Waals surface area contributed by atoms with E-state index in [0.717, 1.165) is 39.2 Å². The van der Waals surface area contributed by atoms with E-state index in [-0.39, 0.29) is 6.54 Å². The van der Waals surface area contributed by atoms with Crippen LogP contribution in [0.5, 0.6) is 0 Å². The van der Waals surface area contributed by atoms with Crippen LogP contribution in [0.3, 0.4) is 0 Å². The molecule has 6 nitrogen and oxygen atoms in total. The summed E-state index contributed by atoms with van der Waals surface area (Å²) in [5.74, 6) is -0.874. The minimum Gasteiger partial charge on any atom is -0.324 e. The summed E-state index contributed by atoms with van der Waals surface area (Å²) < 4.78 is 1.93. The number of rotatable bonds is 5. The van der Waals surface area contributed by atoms with Crippen molar-refractivity contribution in [3.63, 3.8) is 0 Å². The van der Waals surface area contributed by atoms with Gasteiger partial charge in [-0.3, -0.25) is 19.3 Å². The van der Waals surface area contributed by atoms with Gasteiger partial charge in [-0.1, -0.05) is 36.4 Å². The summed E-state index contributed by atoms with van der Waals surface area (Å²) in [5, 5.41) is 2.37. The van der Waals surface area contributed by atoms with E-state index in [0.29, 0.717) is 10.6 Å². The van der Waals surface area contributed by atoms with Crippen LogP contribution in [0.4, 0.5) is 10.5 Å². The highest BCUT2D eigenvalue weighted by Gasteiger charge is 2.36. The van der Waals surface area contributed by atoms with E-state index in [9.17, 15) is 14.4 Å². The number of aryl methyl sites for hydroxylation is 2. The molecule has 1 aliphatic rings. The second kappa shape index (κ2) is 8.65. The van der Waals surface area contributed by atoms with Crippen LogP contribution in [0.15, 0.2) is 71.8 Å². The van der Waals surface area contributed by atoms with Crippen molar-refractivity contribution in [3.05, 3.63) is 88.6 Å². The Kier molecular flexibility index (Phi) is 5.77. The number of aromatic nitrogens is 1. The van der Waals surface area contributed by atoms with E-state index >= 15 is 0 Å². The maximum Gasteiger partial charge on any atom is 0.294 e. The highest BCUT2D eigenvalue weighted by molar-refractivity contribution is 8.18. The number of imide groups is 1. The molecule has 4 rings (SSSR count). The highest BCUT2D eigenvalue weighted by atomic mass is 32.2. The smallest absolute Gasteiger partial charge is 0.294 e. The van der Waals surface area contributed by atoms with Crippen LogP contribution in [-0.2, 0) is 9.59 Å². The molecule has 0 atom stereocenters. The quantitative estimate of drug-likeness (QED) is 0.591. The molecule has 3 amide bonds. The Hall–Kier alpha value is -3.58. The van der Waals surface area contributed by atoms with Gasteiger partial charge in [0.05, 0.1) is 4.91 Å². The van der Waals surface area contributed by atoms with Crippen LogP contribution < -0.4 is 5.32 Å². The van der Waals surface area contributed by atoms with Crippen molar-refractivity contribution in [3.8, 4) is 5.69 Å². The van der Waals surface area contributed by atoms with E-state index in [1.807, 2.05) is 85.3 Å². The SMILES string of the molecule is Cc1cccc(C)c1NC(=O)CN1C(=O)S/C(=C/c2cccn2-c2ccccc2)C1=O. The molecule has 3 aromatic rings. The molecular formula is C24H21N3O3S. The van der Waals surface area contributed by atoms with Gasteiger partial charge >= 0.3 is 0 Å². The number of hydrogen-bond donors (Lipinski definition) is 1. The lowest BCUT2D eigenvalue weighted by molar-refractivity contribution is -0.127. The van der Waals surface area contributed by atoms with Gasteiger partial charge in [-0.05, 0) is 67.1 Å². The number of anilines is 1. The van der Waals surface area contributed by atoms with Crippen LogP contribution in [-0.4, -0.2) is 33.1 Å². The number of carbonyl (C=O) groups is 3. The first-order valence-corrected chi connectivity index (χ1v) is 10.6. The summed E-state index contributed by atoms with van der Waals surface area (Å²) in [4.78, 5) is 39.1. The zero-order valence-corrected chi connectivity index (χ0v) is 18.0. The van der Waals surface area contributed by atoms with Gasteiger partial charge < -0.3 is 9.88 Å². The molecule has 1 aromatic heterocycles. The first-order chi connectivity index (χ1) is 14.9. The van der Waals surface area contributed by atoms with Crippen LogP contribution in [0.2, 0.25) is 0 Å². The fourth-order valence-electron chi connectivity index (χ4n) is 3.44. The molecule has 1 N–H and O–H groups in total. The molecule has 1 saturated heterocycles. The highest BCUT2D eigenvalue weighted by Crippen LogP contribution is 2.32. The van der Waals surface area contributed by atoms with Gasteiger partial charge in [0.2, 0.25) is 5.91 Å². The van der Waals surface area contributed by atoms with Crippen molar-refractivity contribution in [2.75, 3.05) is 11.9 Å². The lowest BCUT2D eigenvalue weighted by Crippen LogP contribution is -2.36. The number of amides is 3. The van der Waals surface area contributed by atoms with E-state index in [4.69, 9.17) is 0 Å². The first kappa shape index (κ1) is 20.7. The predicted molar refractivity (Wildman–Crippen MR) is 123 cm³/mol. The summed E-state index contributed by atoms with van der Waals surface area (Å²) in [6.45, 7) is 3.47. The first-order valence-electron chi connectivity index (χ1n) is 9.78. The molecule has 0 unspecified atom stereocenters. The molecular weight excluding hydrogens is 410 g/mol. The van der Waals surface area contributed by atoms with Crippen molar-refractivity contribution >= 4 is 40.6 Å². The molecule has 0 radical (unpaired) electrons. The lowest BCUT2D eigenvalue weighted by atomic mass is 10.1. The Morgan fingerprint density at radius 2 is 1.68 bits per heavy atom. The molecule has 0 aliphatic carbocycles. The van der Waals surface area contributed by atoms with Crippen molar-refractivity contribution in [2.45, 2.75) is 13.8 Å². The zero-order valence-electron chi connectivity index (χ0n) is 17.2. The van der Waals surface area contributed by atoms with E-state index < -0.39 is 17.1 Å². The molecule has 2 heterocycles. The predicted octanol–water partition coefficient (Wildman–Crippen LogP) is 4.77. The van der Waals surface area contributed by atoms with Crippen molar-refractivity contribution < 1.29 is 14.4 Å². The maximum atomic E-state index is 12.8. The van der Waals surface area contributed by atoms with E-state index in [1.54, 1.807) is 6.08 Å². The van der Waals surface area contributed by atoms with Gasteiger partial charge in [-0.2, -0.15) is 0 Å². The van der Waals surface area contributed by atoms with E-state index in [2.05, 4.69) is 5.32 Å².